The number of esters is 1. The van der Waals surface area contributed by atoms with Crippen LogP contribution in [0.2, 0.25) is 5.02 Å². The molecule has 1 aromatic carbocycles. The highest BCUT2D eigenvalue weighted by molar-refractivity contribution is 14.1. The van der Waals surface area contributed by atoms with E-state index in [0.717, 1.165) is 6.07 Å². The largest absolute Gasteiger partial charge is 0.462 e. The van der Waals surface area contributed by atoms with Gasteiger partial charge in [-0.1, -0.05) is 11.6 Å². The monoisotopic (exact) mass is 389 g/mol. The Kier molecular flexibility index (Phi) is 4.76. The fourth-order valence-electron chi connectivity index (χ4n) is 1.11. The lowest BCUT2D eigenvalue weighted by molar-refractivity contribution is 0.0525. The maximum atomic E-state index is 11.6. The fourth-order valence-corrected chi connectivity index (χ4v) is 3.08. The quantitative estimate of drug-likeness (QED) is 0.630. The van der Waals surface area contributed by atoms with Crippen LogP contribution in [0.25, 0.3) is 0 Å². The number of ether oxygens (including phenoxy) is 1. The Balaban J connectivity index is 3.39. The zero-order valence-electron chi connectivity index (χ0n) is 8.74. The minimum atomic E-state index is -3.96. The summed E-state index contributed by atoms with van der Waals surface area (Å²) in [6.45, 7) is 1.85. The van der Waals surface area contributed by atoms with Gasteiger partial charge in [-0.25, -0.2) is 18.4 Å². The molecular formula is C9H9ClINO4S. The van der Waals surface area contributed by atoms with E-state index in [-0.39, 0.29) is 22.1 Å². The normalized spacial score (nSPS) is 11.3. The van der Waals surface area contributed by atoms with Crippen LogP contribution in [-0.4, -0.2) is 21.0 Å². The standard InChI is InChI=1S/C9H9ClINO4S/c1-2-16-9(13)5-3-8(17(12,14)15)6(10)4-7(5)11/h3-4H,2H2,1H3,(H2,12,14,15). The van der Waals surface area contributed by atoms with Crippen LogP contribution in [0, 0.1) is 3.57 Å². The zero-order chi connectivity index (χ0) is 13.2. The first-order valence-corrected chi connectivity index (χ1v) is 7.46. The Morgan fingerprint density at radius 3 is 2.59 bits per heavy atom. The molecule has 2 N–H and O–H groups in total. The van der Waals surface area contributed by atoms with Gasteiger partial charge in [0.25, 0.3) is 0 Å². The van der Waals surface area contributed by atoms with Gasteiger partial charge in [-0.15, -0.1) is 0 Å². The molecule has 0 aliphatic rings. The van der Waals surface area contributed by atoms with E-state index in [4.69, 9.17) is 21.5 Å². The van der Waals surface area contributed by atoms with Crippen LogP contribution < -0.4 is 5.14 Å². The predicted molar refractivity (Wildman–Crippen MR) is 71.5 cm³/mol. The number of nitrogens with two attached hydrogens (primary N) is 1. The minimum absolute atomic E-state index is 0.0232. The molecule has 0 aliphatic carbocycles. The van der Waals surface area contributed by atoms with Gasteiger partial charge in [-0.3, -0.25) is 0 Å². The lowest BCUT2D eigenvalue weighted by Crippen LogP contribution is -2.15. The Labute approximate surface area is 117 Å². The summed E-state index contributed by atoms with van der Waals surface area (Å²) in [5.74, 6) is -0.613. The highest BCUT2D eigenvalue weighted by atomic mass is 127. The summed E-state index contributed by atoms with van der Waals surface area (Å²) in [6.07, 6.45) is 0. The summed E-state index contributed by atoms with van der Waals surface area (Å²) in [7, 11) is -3.96. The van der Waals surface area contributed by atoms with Crippen molar-refractivity contribution in [3.8, 4) is 0 Å². The van der Waals surface area contributed by atoms with E-state index < -0.39 is 16.0 Å². The molecule has 94 valence electrons. The second-order valence-electron chi connectivity index (χ2n) is 3.03. The van der Waals surface area contributed by atoms with Gasteiger partial charge < -0.3 is 4.74 Å². The number of carbonyl (C=O) groups excluding carboxylic acids is 1. The molecule has 0 aromatic heterocycles. The van der Waals surface area contributed by atoms with Crippen molar-refractivity contribution < 1.29 is 17.9 Å². The molecule has 0 atom stereocenters. The predicted octanol–water partition coefficient (Wildman–Crippen LogP) is 1.77. The third-order valence-corrected chi connectivity index (χ3v) is 4.09. The summed E-state index contributed by atoms with van der Waals surface area (Å²) in [5.41, 5.74) is 0.126. The third-order valence-electron chi connectivity index (χ3n) is 1.82. The van der Waals surface area contributed by atoms with E-state index in [1.807, 2.05) is 22.6 Å². The molecule has 0 fully saturated rings. The van der Waals surface area contributed by atoms with E-state index in [0.29, 0.717) is 3.57 Å². The van der Waals surface area contributed by atoms with Gasteiger partial charge >= 0.3 is 5.97 Å². The van der Waals surface area contributed by atoms with Crippen molar-refractivity contribution in [2.24, 2.45) is 5.14 Å². The molecule has 0 heterocycles. The molecule has 17 heavy (non-hydrogen) atoms. The number of sulfonamides is 1. The first-order chi connectivity index (χ1) is 7.77. The van der Waals surface area contributed by atoms with Gasteiger partial charge in [-0.2, -0.15) is 0 Å². The topological polar surface area (TPSA) is 86.5 Å². The second-order valence-corrected chi connectivity index (χ2v) is 6.13. The number of benzene rings is 1. The maximum absolute atomic E-state index is 11.6. The third kappa shape index (κ3) is 3.54. The van der Waals surface area contributed by atoms with E-state index >= 15 is 0 Å². The molecule has 0 spiro atoms. The van der Waals surface area contributed by atoms with Gasteiger partial charge in [0.15, 0.2) is 0 Å². The van der Waals surface area contributed by atoms with Crippen molar-refractivity contribution in [1.29, 1.82) is 0 Å². The Hall–Kier alpha value is -0.380. The Morgan fingerprint density at radius 1 is 1.53 bits per heavy atom. The van der Waals surface area contributed by atoms with E-state index in [9.17, 15) is 13.2 Å². The second kappa shape index (κ2) is 5.51. The van der Waals surface area contributed by atoms with Crippen molar-refractivity contribution in [3.05, 3.63) is 26.3 Å². The molecule has 8 heteroatoms. The van der Waals surface area contributed by atoms with E-state index in [2.05, 4.69) is 0 Å². The van der Waals surface area contributed by atoms with Crippen LogP contribution in [0.4, 0.5) is 0 Å². The molecule has 5 nitrogen and oxygen atoms in total. The lowest BCUT2D eigenvalue weighted by atomic mass is 10.2. The molecule has 0 saturated carbocycles. The van der Waals surface area contributed by atoms with Crippen LogP contribution in [0.3, 0.4) is 0 Å². The number of halogens is 2. The van der Waals surface area contributed by atoms with E-state index in [1.54, 1.807) is 6.92 Å². The van der Waals surface area contributed by atoms with Crippen molar-refractivity contribution in [2.45, 2.75) is 11.8 Å². The average Bonchev–Trinajstić information content (AvgIpc) is 2.15. The maximum Gasteiger partial charge on any atom is 0.339 e. The van der Waals surface area contributed by atoms with Crippen molar-refractivity contribution >= 4 is 50.2 Å². The first-order valence-electron chi connectivity index (χ1n) is 4.46. The molecular weight excluding hydrogens is 381 g/mol. The average molecular weight is 390 g/mol. The van der Waals surface area contributed by atoms with E-state index in [1.165, 1.54) is 6.07 Å². The highest BCUT2D eigenvalue weighted by Gasteiger charge is 2.20. The van der Waals surface area contributed by atoms with Crippen LogP contribution in [0.5, 0.6) is 0 Å². The van der Waals surface area contributed by atoms with Crippen molar-refractivity contribution in [3.63, 3.8) is 0 Å². The van der Waals surface area contributed by atoms with Gasteiger partial charge in [-0.05, 0) is 41.6 Å². The Morgan fingerprint density at radius 2 is 2.12 bits per heavy atom. The minimum Gasteiger partial charge on any atom is -0.462 e. The van der Waals surface area contributed by atoms with Crippen LogP contribution in [0.15, 0.2) is 17.0 Å². The van der Waals surface area contributed by atoms with Gasteiger partial charge in [0.1, 0.15) is 4.90 Å². The van der Waals surface area contributed by atoms with Crippen LogP contribution in [-0.2, 0) is 14.8 Å². The van der Waals surface area contributed by atoms with Crippen LogP contribution in [0.1, 0.15) is 17.3 Å². The smallest absolute Gasteiger partial charge is 0.339 e. The summed E-state index contributed by atoms with van der Waals surface area (Å²) in [6, 6.07) is 2.48. The zero-order valence-corrected chi connectivity index (χ0v) is 12.5. The summed E-state index contributed by atoms with van der Waals surface area (Å²) in [5, 5.41) is 4.96. The highest BCUT2D eigenvalue weighted by Crippen LogP contribution is 2.26. The Bertz CT molecular complexity index is 558. The summed E-state index contributed by atoms with van der Waals surface area (Å²) >= 11 is 7.62. The molecule has 1 rings (SSSR count). The molecule has 0 radical (unpaired) electrons. The van der Waals surface area contributed by atoms with Crippen LogP contribution >= 0.6 is 34.2 Å². The van der Waals surface area contributed by atoms with Gasteiger partial charge in [0.05, 0.1) is 17.2 Å². The molecule has 0 aliphatic heterocycles. The lowest BCUT2D eigenvalue weighted by Gasteiger charge is -2.08. The first kappa shape index (κ1) is 14.7. The fraction of sp³-hybridized carbons (Fsp3) is 0.222. The number of primary sulfonamides is 1. The SMILES string of the molecule is CCOC(=O)c1cc(S(N)(=O)=O)c(Cl)cc1I. The number of hydrogen-bond donors (Lipinski definition) is 1. The van der Waals surface area contributed by atoms with Crippen molar-refractivity contribution in [1.82, 2.24) is 0 Å². The summed E-state index contributed by atoms with van der Waals surface area (Å²) in [4.78, 5) is 11.3. The van der Waals surface area contributed by atoms with Gasteiger partial charge in [0.2, 0.25) is 10.0 Å². The number of carbonyl (C=O) groups is 1. The number of hydrogen-bond acceptors (Lipinski definition) is 4. The number of rotatable bonds is 3. The molecule has 0 saturated heterocycles. The molecule has 0 unspecified atom stereocenters. The van der Waals surface area contributed by atoms with Gasteiger partial charge in [0, 0.05) is 3.57 Å². The van der Waals surface area contributed by atoms with Crippen molar-refractivity contribution in [2.75, 3.05) is 6.61 Å². The summed E-state index contributed by atoms with van der Waals surface area (Å²) < 4.78 is 27.8. The molecule has 0 amide bonds. The molecule has 0 bridgehead atoms. The molecule has 1 aromatic rings.